The average Bonchev–Trinajstić information content (AvgIpc) is 3.36. The molecular weight excluding hydrogens is 459 g/mol. The van der Waals surface area contributed by atoms with E-state index in [1.165, 1.54) is 36.2 Å². The summed E-state index contributed by atoms with van der Waals surface area (Å²) in [7, 11) is 0. The number of carbonyl (C=O) groups excluding carboxylic acids is 1. The maximum absolute atomic E-state index is 14.7. The van der Waals surface area contributed by atoms with Crippen molar-refractivity contribution in [2.75, 3.05) is 13.1 Å². The molecule has 182 valence electrons. The highest BCUT2D eigenvalue weighted by molar-refractivity contribution is 5.59. The molecule has 0 bridgehead atoms. The second-order valence-corrected chi connectivity index (χ2v) is 7.84. The minimum Gasteiger partial charge on any atom is -0.473 e. The predicted octanol–water partition coefficient (Wildman–Crippen LogP) is 3.29. The molecule has 3 heterocycles. The molecule has 1 saturated heterocycles. The summed E-state index contributed by atoms with van der Waals surface area (Å²) in [5.41, 5.74) is 0.686. The first-order valence-electron chi connectivity index (χ1n) is 10.9. The van der Waals surface area contributed by atoms with Crippen molar-refractivity contribution in [2.24, 2.45) is 0 Å². The molecule has 0 radical (unpaired) electrons. The van der Waals surface area contributed by atoms with Gasteiger partial charge in [0.05, 0.1) is 11.8 Å². The molecular formula is C23H23FN6O5. The molecule has 12 heteroatoms. The van der Waals surface area contributed by atoms with E-state index < -0.39 is 12.0 Å². The normalized spacial score (nSPS) is 14.4. The molecule has 0 N–H and O–H groups in total. The Kier molecular flexibility index (Phi) is 7.37. The van der Waals surface area contributed by atoms with Crippen molar-refractivity contribution in [3.05, 3.63) is 48.6 Å². The van der Waals surface area contributed by atoms with Gasteiger partial charge in [-0.05, 0) is 26.0 Å². The smallest absolute Gasteiger partial charge is 0.473 e. The minimum atomic E-state index is -0.742. The molecule has 0 saturated carbocycles. The van der Waals surface area contributed by atoms with E-state index in [0.717, 1.165) is 0 Å². The van der Waals surface area contributed by atoms with Crippen LogP contribution in [-0.2, 0) is 9.57 Å². The van der Waals surface area contributed by atoms with Crippen molar-refractivity contribution in [3.63, 3.8) is 0 Å². The van der Waals surface area contributed by atoms with Gasteiger partial charge in [-0.3, -0.25) is 4.57 Å². The standard InChI is InChI=1S/C23H23FN6O5/c1-4-18-21(33-17-7-9-30(10-8-17)35-23(31)32-15(2)3)25-12-26-22(18)34-20-6-5-16(11-19(20)24)29-13-27-28-14-29/h1,5-6,11-15,17H,7-10H2,2-3H3. The highest BCUT2D eigenvalue weighted by Gasteiger charge is 2.26. The lowest BCUT2D eigenvalue weighted by Gasteiger charge is -2.30. The summed E-state index contributed by atoms with van der Waals surface area (Å²) < 4.78 is 32.9. The van der Waals surface area contributed by atoms with Crippen molar-refractivity contribution >= 4 is 6.16 Å². The number of aromatic nitrogens is 5. The molecule has 1 fully saturated rings. The Hall–Kier alpha value is -4.24. The fourth-order valence-corrected chi connectivity index (χ4v) is 3.33. The largest absolute Gasteiger partial charge is 0.528 e. The second kappa shape index (κ2) is 10.8. The fraction of sp³-hybridized carbons (Fsp3) is 0.348. The minimum absolute atomic E-state index is 0.00866. The predicted molar refractivity (Wildman–Crippen MR) is 119 cm³/mol. The zero-order valence-electron chi connectivity index (χ0n) is 19.1. The SMILES string of the molecule is C#Cc1c(Oc2ccc(-n3cnnc3)cc2F)ncnc1OC1CCN(OC(=O)OC(C)C)CC1. The van der Waals surface area contributed by atoms with E-state index in [0.29, 0.717) is 31.6 Å². The topological polar surface area (TPSA) is 114 Å². The first-order chi connectivity index (χ1) is 16.9. The van der Waals surface area contributed by atoms with E-state index in [1.54, 1.807) is 24.5 Å². The van der Waals surface area contributed by atoms with Crippen molar-refractivity contribution in [3.8, 4) is 35.5 Å². The third-order valence-electron chi connectivity index (χ3n) is 4.98. The van der Waals surface area contributed by atoms with Crippen LogP contribution in [0.25, 0.3) is 5.69 Å². The summed E-state index contributed by atoms with van der Waals surface area (Å²) in [6, 6.07) is 4.37. The van der Waals surface area contributed by atoms with Crippen LogP contribution in [0.1, 0.15) is 32.3 Å². The number of carbonyl (C=O) groups is 1. The Balaban J connectivity index is 1.40. The third kappa shape index (κ3) is 6.01. The van der Waals surface area contributed by atoms with Gasteiger partial charge in [-0.25, -0.2) is 19.2 Å². The van der Waals surface area contributed by atoms with E-state index in [1.807, 2.05) is 0 Å². The number of hydrogen-bond donors (Lipinski definition) is 0. The van der Waals surface area contributed by atoms with Crippen LogP contribution >= 0.6 is 0 Å². The molecule has 1 aliphatic heterocycles. The fourth-order valence-electron chi connectivity index (χ4n) is 3.33. The van der Waals surface area contributed by atoms with E-state index in [9.17, 15) is 9.18 Å². The van der Waals surface area contributed by atoms with E-state index in [4.69, 9.17) is 25.5 Å². The Labute approximate surface area is 200 Å². The summed E-state index contributed by atoms with van der Waals surface area (Å²) in [5.74, 6) is 1.92. The molecule has 0 amide bonds. The lowest BCUT2D eigenvalue weighted by Crippen LogP contribution is -2.40. The Morgan fingerprint density at radius 3 is 2.54 bits per heavy atom. The maximum atomic E-state index is 14.7. The van der Waals surface area contributed by atoms with Crippen LogP contribution in [0.3, 0.4) is 0 Å². The number of piperidine rings is 1. The molecule has 0 unspecified atom stereocenters. The quantitative estimate of drug-likeness (QED) is 0.367. The molecule has 0 atom stereocenters. The van der Waals surface area contributed by atoms with Crippen LogP contribution in [0.4, 0.5) is 9.18 Å². The summed E-state index contributed by atoms with van der Waals surface area (Å²) in [5, 5.41) is 8.92. The van der Waals surface area contributed by atoms with Crippen molar-refractivity contribution in [1.82, 2.24) is 29.8 Å². The lowest BCUT2D eigenvalue weighted by atomic mass is 10.1. The van der Waals surface area contributed by atoms with Crippen LogP contribution < -0.4 is 9.47 Å². The van der Waals surface area contributed by atoms with Crippen LogP contribution in [0.2, 0.25) is 0 Å². The van der Waals surface area contributed by atoms with Crippen LogP contribution in [0, 0.1) is 18.2 Å². The molecule has 11 nitrogen and oxygen atoms in total. The molecule has 35 heavy (non-hydrogen) atoms. The van der Waals surface area contributed by atoms with Gasteiger partial charge in [0, 0.05) is 32.0 Å². The zero-order valence-corrected chi connectivity index (χ0v) is 19.1. The van der Waals surface area contributed by atoms with E-state index in [2.05, 4.69) is 26.1 Å². The number of hydrogen-bond acceptors (Lipinski definition) is 10. The van der Waals surface area contributed by atoms with Crippen LogP contribution in [-0.4, -0.2) is 61.2 Å². The van der Waals surface area contributed by atoms with Gasteiger partial charge >= 0.3 is 6.16 Å². The molecule has 0 aliphatic carbocycles. The molecule has 1 aliphatic rings. The second-order valence-electron chi connectivity index (χ2n) is 7.84. The van der Waals surface area contributed by atoms with Gasteiger partial charge in [0.1, 0.15) is 30.6 Å². The van der Waals surface area contributed by atoms with Gasteiger partial charge < -0.3 is 19.0 Å². The monoisotopic (exact) mass is 482 g/mol. The number of hydroxylamine groups is 2. The average molecular weight is 482 g/mol. The number of ether oxygens (including phenoxy) is 3. The van der Waals surface area contributed by atoms with Gasteiger partial charge in [-0.15, -0.1) is 21.7 Å². The third-order valence-corrected chi connectivity index (χ3v) is 4.98. The Morgan fingerprint density at radius 2 is 1.89 bits per heavy atom. The number of halogens is 1. The van der Waals surface area contributed by atoms with Crippen molar-refractivity contribution in [1.29, 1.82) is 0 Å². The van der Waals surface area contributed by atoms with Crippen molar-refractivity contribution < 1.29 is 28.2 Å². The number of rotatable bonds is 7. The number of terminal acetylenes is 1. The van der Waals surface area contributed by atoms with Gasteiger partial charge in [0.25, 0.3) is 0 Å². The molecule has 3 aromatic rings. The molecule has 0 spiro atoms. The number of nitrogens with zero attached hydrogens (tertiary/aromatic N) is 6. The van der Waals surface area contributed by atoms with Gasteiger partial charge in [-0.1, -0.05) is 5.92 Å². The van der Waals surface area contributed by atoms with Crippen LogP contribution in [0.15, 0.2) is 37.2 Å². The Morgan fingerprint density at radius 1 is 1.17 bits per heavy atom. The summed E-state index contributed by atoms with van der Waals surface area (Å²) in [6.45, 7) is 4.38. The summed E-state index contributed by atoms with van der Waals surface area (Å²) in [6.07, 6.45) is 9.68. The van der Waals surface area contributed by atoms with E-state index >= 15 is 0 Å². The van der Waals surface area contributed by atoms with Gasteiger partial charge in [0.15, 0.2) is 11.6 Å². The zero-order chi connectivity index (χ0) is 24.8. The first-order valence-corrected chi connectivity index (χ1v) is 10.9. The van der Waals surface area contributed by atoms with Crippen molar-refractivity contribution in [2.45, 2.75) is 38.9 Å². The molecule has 1 aromatic carbocycles. The molecule has 2 aromatic heterocycles. The highest BCUT2D eigenvalue weighted by atomic mass is 19.1. The number of benzene rings is 1. The molecule has 4 rings (SSSR count). The summed E-state index contributed by atoms with van der Waals surface area (Å²) in [4.78, 5) is 25.0. The van der Waals surface area contributed by atoms with E-state index in [-0.39, 0.29) is 35.3 Å². The first kappa shape index (κ1) is 23.9. The van der Waals surface area contributed by atoms with Gasteiger partial charge in [-0.2, -0.15) is 0 Å². The highest BCUT2D eigenvalue weighted by Crippen LogP contribution is 2.31. The van der Waals surface area contributed by atoms with Crippen LogP contribution in [0.5, 0.6) is 17.5 Å². The summed E-state index contributed by atoms with van der Waals surface area (Å²) >= 11 is 0. The van der Waals surface area contributed by atoms with Gasteiger partial charge in [0.2, 0.25) is 11.8 Å². The Bertz CT molecular complexity index is 1210. The maximum Gasteiger partial charge on any atom is 0.528 e. The lowest BCUT2D eigenvalue weighted by molar-refractivity contribution is -0.151.